The van der Waals surface area contributed by atoms with Crippen LogP contribution in [0.3, 0.4) is 0 Å². The van der Waals surface area contributed by atoms with Gasteiger partial charge < -0.3 is 10.4 Å². The van der Waals surface area contributed by atoms with Crippen molar-refractivity contribution in [1.82, 2.24) is 0 Å². The molecule has 0 aromatic heterocycles. The van der Waals surface area contributed by atoms with Gasteiger partial charge in [-0.05, 0) is 11.1 Å². The standard InChI is InChI=1S/C8H8N2O2/c11-9-5-7-1-2-8(4-3-7)6-10-12/h1-6,11-12H/b9-5+,10-6?. The Morgan fingerprint density at radius 2 is 1.17 bits per heavy atom. The molecule has 1 aromatic rings. The Balaban J connectivity index is 2.85. The van der Waals surface area contributed by atoms with Crippen molar-refractivity contribution >= 4 is 12.4 Å². The van der Waals surface area contributed by atoms with E-state index in [1.165, 1.54) is 12.4 Å². The SMILES string of the molecule is ON=Cc1ccc(/C=N/O)cc1. The highest BCUT2D eigenvalue weighted by atomic mass is 16.4. The van der Waals surface area contributed by atoms with Gasteiger partial charge in [0.2, 0.25) is 0 Å². The van der Waals surface area contributed by atoms with E-state index >= 15 is 0 Å². The molecule has 0 aliphatic rings. The second kappa shape index (κ2) is 4.12. The molecule has 0 aliphatic carbocycles. The first kappa shape index (κ1) is 8.26. The number of rotatable bonds is 2. The summed E-state index contributed by atoms with van der Waals surface area (Å²) in [5, 5.41) is 22.1. The van der Waals surface area contributed by atoms with Gasteiger partial charge in [0.1, 0.15) is 0 Å². The van der Waals surface area contributed by atoms with Crippen molar-refractivity contribution in [2.75, 3.05) is 0 Å². The molecule has 1 rings (SSSR count). The molecule has 0 bridgehead atoms. The summed E-state index contributed by atoms with van der Waals surface area (Å²) >= 11 is 0. The summed E-state index contributed by atoms with van der Waals surface area (Å²) in [6, 6.07) is 6.99. The Morgan fingerprint density at radius 1 is 0.833 bits per heavy atom. The molecule has 0 fully saturated rings. The number of hydrogen-bond acceptors (Lipinski definition) is 4. The molecule has 0 aliphatic heterocycles. The van der Waals surface area contributed by atoms with Crippen LogP contribution in [0.2, 0.25) is 0 Å². The summed E-state index contributed by atoms with van der Waals surface area (Å²) in [6.07, 6.45) is 2.64. The lowest BCUT2D eigenvalue weighted by Gasteiger charge is -1.92. The van der Waals surface area contributed by atoms with Crippen LogP contribution in [0.15, 0.2) is 34.6 Å². The van der Waals surface area contributed by atoms with E-state index in [2.05, 4.69) is 10.3 Å². The molecule has 0 heterocycles. The zero-order chi connectivity index (χ0) is 8.81. The normalized spacial score (nSPS) is 11.3. The summed E-state index contributed by atoms with van der Waals surface area (Å²) in [7, 11) is 0. The third kappa shape index (κ3) is 2.09. The largest absolute Gasteiger partial charge is 0.411 e. The van der Waals surface area contributed by atoms with Gasteiger partial charge in [0, 0.05) is 0 Å². The minimum Gasteiger partial charge on any atom is -0.411 e. The van der Waals surface area contributed by atoms with Crippen LogP contribution < -0.4 is 0 Å². The third-order valence-electron chi connectivity index (χ3n) is 1.35. The molecule has 0 saturated carbocycles. The Bertz CT molecular complexity index is 259. The highest BCUT2D eigenvalue weighted by molar-refractivity contribution is 5.83. The molecule has 0 saturated heterocycles. The summed E-state index contributed by atoms with van der Waals surface area (Å²) in [5.41, 5.74) is 1.57. The fraction of sp³-hybridized carbons (Fsp3) is 0. The monoisotopic (exact) mass is 164 g/mol. The molecule has 2 N–H and O–H groups in total. The Labute approximate surface area is 69.4 Å². The zero-order valence-corrected chi connectivity index (χ0v) is 6.25. The first-order chi connectivity index (χ1) is 5.86. The van der Waals surface area contributed by atoms with E-state index in [1.54, 1.807) is 24.3 Å². The van der Waals surface area contributed by atoms with E-state index < -0.39 is 0 Å². The number of nitrogens with zero attached hydrogens (tertiary/aromatic N) is 2. The van der Waals surface area contributed by atoms with Crippen LogP contribution in [0.5, 0.6) is 0 Å². The fourth-order valence-corrected chi connectivity index (χ4v) is 0.801. The minimum atomic E-state index is 0.785. The van der Waals surface area contributed by atoms with Crippen LogP contribution in [0.4, 0.5) is 0 Å². The van der Waals surface area contributed by atoms with Gasteiger partial charge >= 0.3 is 0 Å². The Hall–Kier alpha value is -1.84. The summed E-state index contributed by atoms with van der Waals surface area (Å²) in [5.74, 6) is 0. The maximum Gasteiger partial charge on any atom is 0.0733 e. The van der Waals surface area contributed by atoms with Crippen molar-refractivity contribution in [1.29, 1.82) is 0 Å². The molecule has 1 aromatic carbocycles. The fourth-order valence-electron chi connectivity index (χ4n) is 0.801. The Morgan fingerprint density at radius 3 is 1.42 bits per heavy atom. The molecular formula is C8H8N2O2. The molecule has 0 spiro atoms. The van der Waals surface area contributed by atoms with Crippen molar-refractivity contribution in [3.63, 3.8) is 0 Å². The zero-order valence-electron chi connectivity index (χ0n) is 6.25. The molecule has 0 atom stereocenters. The van der Waals surface area contributed by atoms with Crippen molar-refractivity contribution < 1.29 is 10.4 Å². The highest BCUT2D eigenvalue weighted by Gasteiger charge is 1.88. The van der Waals surface area contributed by atoms with Crippen LogP contribution in [0.25, 0.3) is 0 Å². The molecule has 0 amide bonds. The van der Waals surface area contributed by atoms with Gasteiger partial charge in [-0.2, -0.15) is 0 Å². The van der Waals surface area contributed by atoms with E-state index in [-0.39, 0.29) is 0 Å². The van der Waals surface area contributed by atoms with Gasteiger partial charge in [-0.1, -0.05) is 34.6 Å². The van der Waals surface area contributed by atoms with E-state index in [0.717, 1.165) is 11.1 Å². The van der Waals surface area contributed by atoms with Gasteiger partial charge in [-0.3, -0.25) is 0 Å². The molecule has 0 unspecified atom stereocenters. The van der Waals surface area contributed by atoms with Crippen molar-refractivity contribution in [3.05, 3.63) is 35.4 Å². The molecule has 12 heavy (non-hydrogen) atoms. The Kier molecular flexibility index (Phi) is 2.84. The maximum atomic E-state index is 8.20. The summed E-state index contributed by atoms with van der Waals surface area (Å²) in [6.45, 7) is 0. The topological polar surface area (TPSA) is 65.2 Å². The van der Waals surface area contributed by atoms with Gasteiger partial charge in [0.05, 0.1) is 12.4 Å². The molecule has 4 nitrogen and oxygen atoms in total. The van der Waals surface area contributed by atoms with Gasteiger partial charge in [-0.25, -0.2) is 0 Å². The average molecular weight is 164 g/mol. The third-order valence-corrected chi connectivity index (χ3v) is 1.35. The van der Waals surface area contributed by atoms with Crippen LogP contribution in [-0.4, -0.2) is 22.8 Å². The van der Waals surface area contributed by atoms with Crippen LogP contribution in [0.1, 0.15) is 11.1 Å². The molecular weight excluding hydrogens is 156 g/mol. The van der Waals surface area contributed by atoms with Gasteiger partial charge in [0.15, 0.2) is 0 Å². The second-order valence-electron chi connectivity index (χ2n) is 2.16. The first-order valence-corrected chi connectivity index (χ1v) is 3.32. The van der Waals surface area contributed by atoms with Crippen LogP contribution >= 0.6 is 0 Å². The van der Waals surface area contributed by atoms with E-state index in [1.807, 2.05) is 0 Å². The lowest BCUT2D eigenvalue weighted by molar-refractivity contribution is 0.321. The quantitative estimate of drug-likeness (QED) is 0.393. The smallest absolute Gasteiger partial charge is 0.0733 e. The van der Waals surface area contributed by atoms with Crippen LogP contribution in [-0.2, 0) is 0 Å². The van der Waals surface area contributed by atoms with Crippen molar-refractivity contribution in [2.24, 2.45) is 10.3 Å². The average Bonchev–Trinajstić information content (AvgIpc) is 2.09. The maximum absolute atomic E-state index is 8.20. The second-order valence-corrected chi connectivity index (χ2v) is 2.16. The lowest BCUT2D eigenvalue weighted by atomic mass is 10.2. The van der Waals surface area contributed by atoms with Crippen molar-refractivity contribution in [3.8, 4) is 0 Å². The van der Waals surface area contributed by atoms with Crippen LogP contribution in [0, 0.1) is 0 Å². The highest BCUT2D eigenvalue weighted by Crippen LogP contribution is 1.99. The summed E-state index contributed by atoms with van der Waals surface area (Å²) < 4.78 is 0. The predicted octanol–water partition coefficient (Wildman–Crippen LogP) is 1.30. The summed E-state index contributed by atoms with van der Waals surface area (Å²) in [4.78, 5) is 0. The number of oxime groups is 2. The number of benzene rings is 1. The molecule has 4 heteroatoms. The van der Waals surface area contributed by atoms with Gasteiger partial charge in [-0.15, -0.1) is 0 Å². The van der Waals surface area contributed by atoms with E-state index in [9.17, 15) is 0 Å². The molecule has 62 valence electrons. The molecule has 0 radical (unpaired) electrons. The van der Waals surface area contributed by atoms with Crippen molar-refractivity contribution in [2.45, 2.75) is 0 Å². The first-order valence-electron chi connectivity index (χ1n) is 3.32. The van der Waals surface area contributed by atoms with Gasteiger partial charge in [0.25, 0.3) is 0 Å². The number of hydrogen-bond donors (Lipinski definition) is 2. The minimum absolute atomic E-state index is 0.785. The lowest BCUT2D eigenvalue weighted by Crippen LogP contribution is -1.83. The van der Waals surface area contributed by atoms with E-state index in [4.69, 9.17) is 10.4 Å². The predicted molar refractivity (Wildman–Crippen MR) is 45.2 cm³/mol. The van der Waals surface area contributed by atoms with E-state index in [0.29, 0.717) is 0 Å².